The number of carbonyl (C=O) groups excluding carboxylic acids is 1. The molecule has 5 heteroatoms. The summed E-state index contributed by atoms with van der Waals surface area (Å²) in [6.45, 7) is 1.84. The van der Waals surface area contributed by atoms with Crippen molar-refractivity contribution in [2.45, 2.75) is 13.0 Å². The van der Waals surface area contributed by atoms with Gasteiger partial charge >= 0.3 is 6.03 Å². The molecule has 0 aliphatic rings. The fourth-order valence-electron chi connectivity index (χ4n) is 1.84. The fourth-order valence-corrected chi connectivity index (χ4v) is 2.50. The lowest BCUT2D eigenvalue weighted by molar-refractivity contribution is 0.205. The first-order chi connectivity index (χ1) is 10.3. The van der Waals surface area contributed by atoms with Crippen LogP contribution in [0.3, 0.4) is 0 Å². The molecule has 1 aromatic heterocycles. The van der Waals surface area contributed by atoms with Gasteiger partial charge in [0.1, 0.15) is 5.75 Å². The lowest BCUT2D eigenvalue weighted by atomic mass is 10.3. The van der Waals surface area contributed by atoms with Gasteiger partial charge in [-0.1, -0.05) is 18.2 Å². The summed E-state index contributed by atoms with van der Waals surface area (Å²) in [7, 11) is 1.80. The van der Waals surface area contributed by atoms with Gasteiger partial charge in [0.2, 0.25) is 0 Å². The van der Waals surface area contributed by atoms with E-state index in [-0.39, 0.29) is 6.03 Å². The average molecular weight is 304 g/mol. The molecule has 0 atom stereocenters. The van der Waals surface area contributed by atoms with E-state index in [1.165, 1.54) is 0 Å². The van der Waals surface area contributed by atoms with Crippen molar-refractivity contribution in [1.82, 2.24) is 10.2 Å². The van der Waals surface area contributed by atoms with Crippen molar-refractivity contribution >= 4 is 17.4 Å². The van der Waals surface area contributed by atoms with Crippen LogP contribution in [0.25, 0.3) is 0 Å². The molecule has 0 saturated carbocycles. The first-order valence-electron chi connectivity index (χ1n) is 6.93. The molecule has 0 bridgehead atoms. The summed E-state index contributed by atoms with van der Waals surface area (Å²) in [6.07, 6.45) is 0.785. The Hall–Kier alpha value is -2.01. The van der Waals surface area contributed by atoms with Gasteiger partial charge in [-0.15, -0.1) is 0 Å². The maximum absolute atomic E-state index is 11.9. The summed E-state index contributed by atoms with van der Waals surface area (Å²) in [6, 6.07) is 11.7. The molecule has 0 aliphatic carbocycles. The first-order valence-corrected chi connectivity index (χ1v) is 7.88. The van der Waals surface area contributed by atoms with Crippen LogP contribution in [0, 0.1) is 0 Å². The molecule has 0 spiro atoms. The van der Waals surface area contributed by atoms with Gasteiger partial charge in [0, 0.05) is 20.1 Å². The van der Waals surface area contributed by atoms with Crippen molar-refractivity contribution in [2.75, 3.05) is 20.2 Å². The number of thiophene rings is 1. The maximum Gasteiger partial charge on any atom is 0.317 e. The zero-order valence-electron chi connectivity index (χ0n) is 12.1. The second-order valence-electron chi connectivity index (χ2n) is 4.73. The third-order valence-corrected chi connectivity index (χ3v) is 3.69. The summed E-state index contributed by atoms with van der Waals surface area (Å²) >= 11 is 1.64. The van der Waals surface area contributed by atoms with Crippen molar-refractivity contribution in [3.05, 3.63) is 52.7 Å². The monoisotopic (exact) mass is 304 g/mol. The van der Waals surface area contributed by atoms with Crippen LogP contribution in [0.2, 0.25) is 0 Å². The predicted molar refractivity (Wildman–Crippen MR) is 85.7 cm³/mol. The SMILES string of the molecule is CN(Cc1ccsc1)C(=O)NCCCOc1ccccc1. The van der Waals surface area contributed by atoms with Crippen LogP contribution in [-0.4, -0.2) is 31.1 Å². The van der Waals surface area contributed by atoms with E-state index >= 15 is 0 Å². The average Bonchev–Trinajstić information content (AvgIpc) is 3.00. The minimum Gasteiger partial charge on any atom is -0.494 e. The molecular formula is C16H20N2O2S. The number of ether oxygens (including phenoxy) is 1. The van der Waals surface area contributed by atoms with Crippen LogP contribution in [0.4, 0.5) is 4.79 Å². The number of hydrogen-bond donors (Lipinski definition) is 1. The summed E-state index contributed by atoms with van der Waals surface area (Å²) in [4.78, 5) is 13.6. The molecule has 0 aliphatic heterocycles. The number of benzene rings is 1. The third kappa shape index (κ3) is 5.47. The van der Waals surface area contributed by atoms with Crippen molar-refractivity contribution < 1.29 is 9.53 Å². The smallest absolute Gasteiger partial charge is 0.317 e. The van der Waals surface area contributed by atoms with Gasteiger partial charge in [-0.3, -0.25) is 0 Å². The Morgan fingerprint density at radius 2 is 2.10 bits per heavy atom. The van der Waals surface area contributed by atoms with Crippen LogP contribution in [0.5, 0.6) is 5.75 Å². The molecule has 0 radical (unpaired) electrons. The van der Waals surface area contributed by atoms with Crippen LogP contribution in [0.1, 0.15) is 12.0 Å². The van der Waals surface area contributed by atoms with Crippen molar-refractivity contribution in [3.8, 4) is 5.75 Å². The van der Waals surface area contributed by atoms with Gasteiger partial charge in [-0.05, 0) is 40.9 Å². The van der Waals surface area contributed by atoms with Crippen LogP contribution < -0.4 is 10.1 Å². The molecule has 0 fully saturated rings. The maximum atomic E-state index is 11.9. The van der Waals surface area contributed by atoms with Crippen molar-refractivity contribution in [1.29, 1.82) is 0 Å². The molecule has 2 aromatic rings. The Balaban J connectivity index is 1.58. The summed E-state index contributed by atoms with van der Waals surface area (Å²) in [5.74, 6) is 0.860. The molecule has 1 aromatic carbocycles. The van der Waals surface area contributed by atoms with Crippen molar-refractivity contribution in [2.24, 2.45) is 0 Å². The van der Waals surface area contributed by atoms with Crippen molar-refractivity contribution in [3.63, 3.8) is 0 Å². The zero-order valence-corrected chi connectivity index (χ0v) is 12.9. The van der Waals surface area contributed by atoms with Crippen LogP contribution in [-0.2, 0) is 6.54 Å². The predicted octanol–water partition coefficient (Wildman–Crippen LogP) is 3.36. The molecule has 21 heavy (non-hydrogen) atoms. The number of nitrogens with zero attached hydrogens (tertiary/aromatic N) is 1. The molecule has 0 unspecified atom stereocenters. The number of urea groups is 1. The van der Waals surface area contributed by atoms with Gasteiger partial charge in [-0.25, -0.2) is 4.79 Å². The van der Waals surface area contributed by atoms with E-state index in [0.29, 0.717) is 19.7 Å². The number of amides is 2. The largest absolute Gasteiger partial charge is 0.494 e. The standard InChI is InChI=1S/C16H20N2O2S/c1-18(12-14-8-11-21-13-14)16(19)17-9-5-10-20-15-6-3-2-4-7-15/h2-4,6-8,11,13H,5,9-10,12H2,1H3,(H,17,19). The van der Waals surface area contributed by atoms with Crippen LogP contribution >= 0.6 is 11.3 Å². The van der Waals surface area contributed by atoms with E-state index in [1.54, 1.807) is 23.3 Å². The van der Waals surface area contributed by atoms with E-state index in [9.17, 15) is 4.79 Å². The highest BCUT2D eigenvalue weighted by Crippen LogP contribution is 2.09. The van der Waals surface area contributed by atoms with Gasteiger partial charge < -0.3 is 15.0 Å². The Morgan fingerprint density at radius 1 is 1.29 bits per heavy atom. The quantitative estimate of drug-likeness (QED) is 0.797. The number of para-hydroxylation sites is 1. The van der Waals surface area contributed by atoms with E-state index < -0.39 is 0 Å². The van der Waals surface area contributed by atoms with E-state index in [2.05, 4.69) is 10.7 Å². The van der Waals surface area contributed by atoms with E-state index in [0.717, 1.165) is 17.7 Å². The summed E-state index contributed by atoms with van der Waals surface area (Å²) in [5.41, 5.74) is 1.16. The van der Waals surface area contributed by atoms with Gasteiger partial charge in [0.15, 0.2) is 0 Å². The number of hydrogen-bond acceptors (Lipinski definition) is 3. The van der Waals surface area contributed by atoms with Gasteiger partial charge in [0.25, 0.3) is 0 Å². The molecule has 1 N–H and O–H groups in total. The van der Waals surface area contributed by atoms with E-state index in [1.807, 2.05) is 41.8 Å². The minimum atomic E-state index is -0.0547. The lowest BCUT2D eigenvalue weighted by Crippen LogP contribution is -2.37. The first kappa shape index (κ1) is 15.4. The molecule has 2 amide bonds. The zero-order chi connectivity index (χ0) is 14.9. The number of carbonyl (C=O) groups is 1. The number of nitrogens with one attached hydrogen (secondary N) is 1. The van der Waals surface area contributed by atoms with Crippen LogP contribution in [0.15, 0.2) is 47.2 Å². The highest BCUT2D eigenvalue weighted by atomic mass is 32.1. The summed E-state index contributed by atoms with van der Waals surface area (Å²) in [5, 5.41) is 6.96. The summed E-state index contributed by atoms with van der Waals surface area (Å²) < 4.78 is 5.57. The topological polar surface area (TPSA) is 41.6 Å². The molecule has 4 nitrogen and oxygen atoms in total. The third-order valence-electron chi connectivity index (χ3n) is 2.96. The minimum absolute atomic E-state index is 0.0547. The lowest BCUT2D eigenvalue weighted by Gasteiger charge is -2.17. The Labute approximate surface area is 129 Å². The molecular weight excluding hydrogens is 284 g/mol. The Kier molecular flexibility index (Phi) is 6.09. The second kappa shape index (κ2) is 8.32. The highest BCUT2D eigenvalue weighted by Gasteiger charge is 2.08. The normalized spacial score (nSPS) is 10.1. The van der Waals surface area contributed by atoms with Gasteiger partial charge in [-0.2, -0.15) is 11.3 Å². The Bertz CT molecular complexity index is 528. The van der Waals surface area contributed by atoms with Gasteiger partial charge in [0.05, 0.1) is 6.61 Å². The Morgan fingerprint density at radius 3 is 2.81 bits per heavy atom. The second-order valence-corrected chi connectivity index (χ2v) is 5.51. The number of rotatable bonds is 7. The molecule has 1 heterocycles. The highest BCUT2D eigenvalue weighted by molar-refractivity contribution is 7.07. The van der Waals surface area contributed by atoms with E-state index in [4.69, 9.17) is 4.74 Å². The fraction of sp³-hybridized carbons (Fsp3) is 0.312. The molecule has 112 valence electrons. The molecule has 2 rings (SSSR count). The molecule has 0 saturated heterocycles.